The molecule has 2 aromatic rings. The van der Waals surface area contributed by atoms with Gasteiger partial charge in [-0.3, -0.25) is 14.9 Å². The lowest BCUT2D eigenvalue weighted by molar-refractivity contribution is -0.384. The van der Waals surface area contributed by atoms with Crippen molar-refractivity contribution in [1.82, 2.24) is 4.57 Å². The summed E-state index contributed by atoms with van der Waals surface area (Å²) in [7, 11) is 1.46. The molecule has 0 atom stereocenters. The number of aryl methyl sites for hydroxylation is 1. The maximum atomic E-state index is 13.0. The summed E-state index contributed by atoms with van der Waals surface area (Å²) in [6, 6.07) is 4.37. The van der Waals surface area contributed by atoms with Crippen molar-refractivity contribution in [1.29, 1.82) is 0 Å². The van der Waals surface area contributed by atoms with Gasteiger partial charge in [-0.25, -0.2) is 0 Å². The first-order valence-corrected chi connectivity index (χ1v) is 9.60. The number of methoxy groups -OCH3 is 1. The van der Waals surface area contributed by atoms with Crippen LogP contribution in [0.5, 0.6) is 11.5 Å². The molecular weight excluding hydrogens is 372 g/mol. The van der Waals surface area contributed by atoms with Crippen molar-refractivity contribution in [2.24, 2.45) is 0 Å². The molecule has 0 bridgehead atoms. The van der Waals surface area contributed by atoms with Gasteiger partial charge in [0, 0.05) is 24.1 Å². The number of allylic oxidation sites excluding steroid dienone is 3. The maximum Gasteiger partial charge on any atom is 0.297 e. The predicted molar refractivity (Wildman–Crippen MR) is 115 cm³/mol. The number of aromatic nitrogens is 1. The highest BCUT2D eigenvalue weighted by atomic mass is 16.6. The molecule has 2 rings (SSSR count). The molecule has 0 aliphatic carbocycles. The van der Waals surface area contributed by atoms with Crippen molar-refractivity contribution in [2.45, 2.75) is 47.1 Å². The topological polar surface area (TPSA) is 83.6 Å². The van der Waals surface area contributed by atoms with Gasteiger partial charge in [0.25, 0.3) is 11.2 Å². The zero-order chi connectivity index (χ0) is 21.6. The van der Waals surface area contributed by atoms with Crippen molar-refractivity contribution in [3.05, 3.63) is 62.0 Å². The summed E-state index contributed by atoms with van der Waals surface area (Å²) < 4.78 is 12.7. The minimum Gasteiger partial charge on any atom is -0.492 e. The number of non-ortho nitro benzene ring substituents is 1. The quantitative estimate of drug-likeness (QED) is 0.336. The first-order valence-electron chi connectivity index (χ1n) is 9.60. The normalized spacial score (nSPS) is 11.4. The van der Waals surface area contributed by atoms with Crippen LogP contribution in [-0.2, 0) is 6.54 Å². The summed E-state index contributed by atoms with van der Waals surface area (Å²) in [5.41, 5.74) is 2.46. The number of nitro benzene ring substituents is 1. The van der Waals surface area contributed by atoms with Crippen LogP contribution < -0.4 is 15.0 Å². The van der Waals surface area contributed by atoms with Crippen LogP contribution in [-0.4, -0.2) is 23.2 Å². The van der Waals surface area contributed by atoms with Gasteiger partial charge in [-0.2, -0.15) is 0 Å². The third-order valence-corrected chi connectivity index (χ3v) is 4.64. The molecule has 1 aromatic carbocycles. The van der Waals surface area contributed by atoms with Gasteiger partial charge in [0.2, 0.25) is 5.75 Å². The second-order valence-corrected chi connectivity index (χ2v) is 7.05. The summed E-state index contributed by atoms with van der Waals surface area (Å²) in [6.07, 6.45) is 6.02. The Kier molecular flexibility index (Phi) is 7.59. The Labute approximate surface area is 170 Å². The fourth-order valence-corrected chi connectivity index (χ4v) is 3.10. The average molecular weight is 400 g/mol. The molecule has 0 amide bonds. The van der Waals surface area contributed by atoms with Crippen molar-refractivity contribution < 1.29 is 14.4 Å². The highest BCUT2D eigenvalue weighted by molar-refractivity contribution is 5.89. The number of ether oxygens (including phenoxy) is 2. The fourth-order valence-electron chi connectivity index (χ4n) is 3.10. The third-order valence-electron chi connectivity index (χ3n) is 4.64. The molecule has 0 aliphatic heterocycles. The number of nitrogens with zero attached hydrogens (tertiary/aromatic N) is 2. The molecule has 29 heavy (non-hydrogen) atoms. The molecule has 7 heteroatoms. The molecule has 0 saturated carbocycles. The van der Waals surface area contributed by atoms with Gasteiger partial charge in [-0.1, -0.05) is 17.2 Å². The standard InChI is InChI=1S/C22H28N2O5/c1-6-23-19-14-17(24(26)27)10-11-18(19)20(28-5)21(22(23)25)29-13-12-16(4)9-7-8-15(2)3/h8,10-12,14H,6-7,9,13H2,1-5H3/b16-12+. The van der Waals surface area contributed by atoms with Crippen LogP contribution >= 0.6 is 0 Å². The molecule has 0 unspecified atom stereocenters. The molecule has 0 fully saturated rings. The maximum absolute atomic E-state index is 13.0. The van der Waals surface area contributed by atoms with Crippen molar-refractivity contribution in [3.8, 4) is 11.5 Å². The number of benzene rings is 1. The number of hydrogen-bond acceptors (Lipinski definition) is 5. The smallest absolute Gasteiger partial charge is 0.297 e. The zero-order valence-electron chi connectivity index (χ0n) is 17.7. The van der Waals surface area contributed by atoms with E-state index in [4.69, 9.17) is 9.47 Å². The minimum absolute atomic E-state index is 0.0789. The van der Waals surface area contributed by atoms with Gasteiger partial charge in [0.05, 0.1) is 17.5 Å². The summed E-state index contributed by atoms with van der Waals surface area (Å²) in [5.74, 6) is 0.407. The fraction of sp³-hybridized carbons (Fsp3) is 0.409. The van der Waals surface area contributed by atoms with E-state index in [0.717, 1.165) is 12.8 Å². The van der Waals surface area contributed by atoms with Crippen LogP contribution in [0.1, 0.15) is 40.5 Å². The third kappa shape index (κ3) is 5.25. The molecule has 7 nitrogen and oxygen atoms in total. The summed E-state index contributed by atoms with van der Waals surface area (Å²) >= 11 is 0. The van der Waals surface area contributed by atoms with Crippen LogP contribution in [0.3, 0.4) is 0 Å². The monoisotopic (exact) mass is 400 g/mol. The number of nitro groups is 1. The van der Waals surface area contributed by atoms with Crippen LogP contribution in [0, 0.1) is 10.1 Å². The van der Waals surface area contributed by atoms with E-state index in [1.807, 2.05) is 19.9 Å². The van der Waals surface area contributed by atoms with Crippen molar-refractivity contribution in [2.75, 3.05) is 13.7 Å². The number of fused-ring (bicyclic) bond motifs is 1. The van der Waals surface area contributed by atoms with E-state index in [1.54, 1.807) is 6.07 Å². The Balaban J connectivity index is 2.39. The van der Waals surface area contributed by atoms with Crippen LogP contribution in [0.25, 0.3) is 10.9 Å². The van der Waals surface area contributed by atoms with E-state index in [9.17, 15) is 14.9 Å². The molecule has 0 saturated heterocycles. The van der Waals surface area contributed by atoms with E-state index in [2.05, 4.69) is 19.9 Å². The van der Waals surface area contributed by atoms with Crippen LogP contribution in [0.4, 0.5) is 5.69 Å². The Hall–Kier alpha value is -3.09. The zero-order valence-corrected chi connectivity index (χ0v) is 17.7. The van der Waals surface area contributed by atoms with Gasteiger partial charge >= 0.3 is 0 Å². The SMILES string of the molecule is CCn1c(=O)c(OC/C=C(\C)CCC=C(C)C)c(OC)c2ccc([N+](=O)[O-])cc21. The molecule has 156 valence electrons. The van der Waals surface area contributed by atoms with Gasteiger partial charge in [0.15, 0.2) is 5.75 Å². The largest absolute Gasteiger partial charge is 0.492 e. The minimum atomic E-state index is -0.483. The first-order chi connectivity index (χ1) is 13.8. The second-order valence-electron chi connectivity index (χ2n) is 7.05. The van der Waals surface area contributed by atoms with E-state index < -0.39 is 4.92 Å². The van der Waals surface area contributed by atoms with Crippen molar-refractivity contribution >= 4 is 16.6 Å². The van der Waals surface area contributed by atoms with Gasteiger partial charge in [-0.05, 0) is 52.7 Å². The molecule has 0 spiro atoms. The second kappa shape index (κ2) is 9.91. The van der Waals surface area contributed by atoms with E-state index in [0.29, 0.717) is 23.2 Å². The van der Waals surface area contributed by atoms with Crippen molar-refractivity contribution in [3.63, 3.8) is 0 Å². The molecular formula is C22H28N2O5. The summed E-state index contributed by atoms with van der Waals surface area (Å²) in [5, 5.41) is 11.7. The molecule has 0 radical (unpaired) electrons. The summed E-state index contributed by atoms with van der Waals surface area (Å²) in [6.45, 7) is 8.58. The van der Waals surface area contributed by atoms with Gasteiger partial charge in [-0.15, -0.1) is 0 Å². The van der Waals surface area contributed by atoms with Crippen LogP contribution in [0.15, 0.2) is 46.3 Å². The van der Waals surface area contributed by atoms with E-state index in [-0.39, 0.29) is 23.6 Å². The molecule has 1 heterocycles. The lowest BCUT2D eigenvalue weighted by Crippen LogP contribution is -2.23. The lowest BCUT2D eigenvalue weighted by Gasteiger charge is -2.16. The number of rotatable bonds is 9. The number of pyridine rings is 1. The predicted octanol–water partition coefficient (Wildman–Crippen LogP) is 5.01. The highest BCUT2D eigenvalue weighted by Gasteiger charge is 2.20. The molecule has 0 N–H and O–H groups in total. The Bertz CT molecular complexity index is 1010. The lowest BCUT2D eigenvalue weighted by atomic mass is 10.1. The van der Waals surface area contributed by atoms with Gasteiger partial charge < -0.3 is 14.0 Å². The highest BCUT2D eigenvalue weighted by Crippen LogP contribution is 2.34. The Morgan fingerprint density at radius 1 is 1.21 bits per heavy atom. The first kappa shape index (κ1) is 22.2. The van der Waals surface area contributed by atoms with Gasteiger partial charge in [0.1, 0.15) is 6.61 Å². The molecule has 0 aliphatic rings. The average Bonchev–Trinajstić information content (AvgIpc) is 2.67. The summed E-state index contributed by atoms with van der Waals surface area (Å²) in [4.78, 5) is 23.6. The Morgan fingerprint density at radius 3 is 2.52 bits per heavy atom. The number of hydrogen-bond donors (Lipinski definition) is 0. The van der Waals surface area contributed by atoms with E-state index >= 15 is 0 Å². The van der Waals surface area contributed by atoms with E-state index in [1.165, 1.54) is 35.0 Å². The molecule has 1 aromatic heterocycles. The Morgan fingerprint density at radius 2 is 1.93 bits per heavy atom. The van der Waals surface area contributed by atoms with Crippen LogP contribution in [0.2, 0.25) is 0 Å².